The molecule has 21 heavy (non-hydrogen) atoms. The van der Waals surface area contributed by atoms with Gasteiger partial charge in [0.2, 0.25) is 0 Å². The first kappa shape index (κ1) is 15.4. The molecule has 108 valence electrons. The fourth-order valence-electron chi connectivity index (χ4n) is 1.94. The van der Waals surface area contributed by atoms with Gasteiger partial charge in [0.15, 0.2) is 0 Å². The Morgan fingerprint density at radius 3 is 2.57 bits per heavy atom. The summed E-state index contributed by atoms with van der Waals surface area (Å²) in [7, 11) is 3.86. The Hall–Kier alpha value is -2.03. The minimum absolute atomic E-state index is 0.0669. The maximum atomic E-state index is 13.9. The average Bonchev–Trinajstić information content (AvgIpc) is 2.43. The molecule has 5 heteroatoms. The predicted molar refractivity (Wildman–Crippen MR) is 83.5 cm³/mol. The molecule has 2 N–H and O–H groups in total. The summed E-state index contributed by atoms with van der Waals surface area (Å²) >= 11 is 1.42. The normalized spacial score (nSPS) is 10.6. The van der Waals surface area contributed by atoms with E-state index in [1.54, 1.807) is 6.07 Å². The number of rotatable bonds is 4. The van der Waals surface area contributed by atoms with Gasteiger partial charge in [0, 0.05) is 22.0 Å². The molecular formula is C16H16FN3S. The van der Waals surface area contributed by atoms with Gasteiger partial charge in [-0.2, -0.15) is 5.26 Å². The highest BCUT2D eigenvalue weighted by Crippen LogP contribution is 2.35. The molecule has 3 nitrogen and oxygen atoms in total. The van der Waals surface area contributed by atoms with Crippen LogP contribution in [0.25, 0.3) is 0 Å². The van der Waals surface area contributed by atoms with Gasteiger partial charge in [-0.3, -0.25) is 0 Å². The van der Waals surface area contributed by atoms with E-state index in [-0.39, 0.29) is 5.56 Å². The first-order valence-electron chi connectivity index (χ1n) is 6.41. The molecule has 0 unspecified atom stereocenters. The van der Waals surface area contributed by atoms with E-state index in [1.165, 1.54) is 17.8 Å². The highest BCUT2D eigenvalue weighted by Gasteiger charge is 2.13. The second-order valence-electron chi connectivity index (χ2n) is 4.93. The molecule has 2 aromatic carbocycles. The zero-order valence-electron chi connectivity index (χ0n) is 11.9. The van der Waals surface area contributed by atoms with Crippen LogP contribution >= 0.6 is 11.8 Å². The minimum atomic E-state index is -0.503. The zero-order valence-corrected chi connectivity index (χ0v) is 12.7. The van der Waals surface area contributed by atoms with E-state index in [2.05, 4.69) is 0 Å². The number of halogens is 1. The van der Waals surface area contributed by atoms with Crippen LogP contribution in [0, 0.1) is 17.1 Å². The number of nitrogens with zero attached hydrogens (tertiary/aromatic N) is 2. The number of benzene rings is 2. The molecule has 0 atom stereocenters. The summed E-state index contributed by atoms with van der Waals surface area (Å²) in [6.07, 6.45) is 0. The van der Waals surface area contributed by atoms with Crippen molar-refractivity contribution in [2.24, 2.45) is 0 Å². The van der Waals surface area contributed by atoms with Crippen LogP contribution in [-0.4, -0.2) is 19.0 Å². The molecule has 0 aliphatic heterocycles. The summed E-state index contributed by atoms with van der Waals surface area (Å²) in [5.41, 5.74) is 7.57. The van der Waals surface area contributed by atoms with Gasteiger partial charge in [-0.05, 0) is 43.9 Å². The fraction of sp³-hybridized carbons (Fsp3) is 0.188. The van der Waals surface area contributed by atoms with Crippen molar-refractivity contribution in [1.82, 2.24) is 4.90 Å². The van der Waals surface area contributed by atoms with Crippen LogP contribution in [0.4, 0.5) is 10.1 Å². The smallest absolute Gasteiger partial charge is 0.142 e. The molecule has 0 bridgehead atoms. The molecule has 2 aromatic rings. The van der Waals surface area contributed by atoms with E-state index in [1.807, 2.05) is 49.3 Å². The highest BCUT2D eigenvalue weighted by atomic mass is 32.2. The Bertz CT molecular complexity index is 692. The number of nitriles is 1. The lowest BCUT2D eigenvalue weighted by Crippen LogP contribution is -2.12. The van der Waals surface area contributed by atoms with Crippen LogP contribution in [-0.2, 0) is 6.54 Å². The summed E-state index contributed by atoms with van der Waals surface area (Å²) in [4.78, 5) is 3.63. The van der Waals surface area contributed by atoms with E-state index < -0.39 is 5.82 Å². The van der Waals surface area contributed by atoms with Crippen molar-refractivity contribution in [2.45, 2.75) is 16.3 Å². The summed E-state index contributed by atoms with van der Waals surface area (Å²) in [5.74, 6) is -0.503. The quantitative estimate of drug-likeness (QED) is 0.878. The van der Waals surface area contributed by atoms with Crippen molar-refractivity contribution in [3.63, 3.8) is 0 Å². The Labute approximate surface area is 128 Å². The first-order chi connectivity index (χ1) is 10.0. The standard InChI is InChI=1S/C16H16FN3S/c1-20(2)10-12-7-11(9-18)13(17)8-16(12)21-15-6-4-3-5-14(15)19/h3-8H,10,19H2,1-2H3/i17-1. The molecular weight excluding hydrogens is 284 g/mol. The summed E-state index contributed by atoms with van der Waals surface area (Å²) in [6, 6.07) is 12.4. The molecule has 0 aliphatic rings. The Balaban J connectivity index is 2.44. The van der Waals surface area contributed by atoms with Gasteiger partial charge in [-0.25, -0.2) is 4.39 Å². The fourth-order valence-corrected chi connectivity index (χ4v) is 2.92. The molecule has 0 aliphatic carbocycles. The predicted octanol–water partition coefficient (Wildman–Crippen LogP) is 3.49. The summed E-state index contributed by atoms with van der Waals surface area (Å²) in [6.45, 7) is 0.629. The number of nitrogens with two attached hydrogens (primary N) is 1. The number of hydrogen-bond acceptors (Lipinski definition) is 4. The van der Waals surface area contributed by atoms with E-state index >= 15 is 0 Å². The maximum absolute atomic E-state index is 13.9. The molecule has 2 rings (SSSR count). The lowest BCUT2D eigenvalue weighted by molar-refractivity contribution is 0.398. The summed E-state index contributed by atoms with van der Waals surface area (Å²) in [5, 5.41) is 8.97. The van der Waals surface area contributed by atoms with Gasteiger partial charge >= 0.3 is 0 Å². The van der Waals surface area contributed by atoms with Crippen molar-refractivity contribution >= 4 is 17.4 Å². The molecule has 0 aromatic heterocycles. The van der Waals surface area contributed by atoms with Gasteiger partial charge in [0.25, 0.3) is 0 Å². The second-order valence-corrected chi connectivity index (χ2v) is 6.01. The minimum Gasteiger partial charge on any atom is -0.398 e. The van der Waals surface area contributed by atoms with E-state index in [0.29, 0.717) is 12.2 Å². The van der Waals surface area contributed by atoms with Gasteiger partial charge in [-0.1, -0.05) is 23.9 Å². The third kappa shape index (κ3) is 3.75. The largest absolute Gasteiger partial charge is 0.398 e. The molecule has 0 spiro atoms. The molecule has 0 amide bonds. The molecule has 0 radical (unpaired) electrons. The number of hydrogen-bond donors (Lipinski definition) is 1. The Morgan fingerprint density at radius 1 is 1.24 bits per heavy atom. The van der Waals surface area contributed by atoms with E-state index in [4.69, 9.17) is 11.0 Å². The number of anilines is 1. The zero-order chi connectivity index (χ0) is 15.4. The topological polar surface area (TPSA) is 53.0 Å². The van der Waals surface area contributed by atoms with Crippen LogP contribution in [0.2, 0.25) is 0 Å². The number of nitrogen functional groups attached to an aromatic ring is 1. The van der Waals surface area contributed by atoms with Gasteiger partial charge in [0.05, 0.1) is 5.56 Å². The highest BCUT2D eigenvalue weighted by molar-refractivity contribution is 7.99. The van der Waals surface area contributed by atoms with Crippen LogP contribution in [0.1, 0.15) is 11.1 Å². The van der Waals surface area contributed by atoms with Crippen molar-refractivity contribution < 1.29 is 4.39 Å². The van der Waals surface area contributed by atoms with E-state index in [9.17, 15) is 4.39 Å². The number of para-hydroxylation sites is 1. The van der Waals surface area contributed by atoms with Gasteiger partial charge in [-0.15, -0.1) is 0 Å². The monoisotopic (exact) mass is 300 g/mol. The van der Waals surface area contributed by atoms with Crippen molar-refractivity contribution in [2.75, 3.05) is 19.8 Å². The average molecular weight is 300 g/mol. The lowest BCUT2D eigenvalue weighted by atomic mass is 10.1. The molecule has 0 heterocycles. The van der Waals surface area contributed by atoms with Gasteiger partial charge < -0.3 is 10.6 Å². The maximum Gasteiger partial charge on any atom is 0.142 e. The third-order valence-electron chi connectivity index (χ3n) is 2.90. The molecule has 0 saturated carbocycles. The lowest BCUT2D eigenvalue weighted by Gasteiger charge is -2.15. The van der Waals surface area contributed by atoms with Crippen LogP contribution in [0.15, 0.2) is 46.2 Å². The molecule has 0 saturated heterocycles. The Kier molecular flexibility index (Phi) is 4.84. The first-order valence-corrected chi connectivity index (χ1v) is 7.22. The van der Waals surface area contributed by atoms with Crippen molar-refractivity contribution in [3.8, 4) is 6.07 Å². The summed E-state index contributed by atoms with van der Waals surface area (Å²) < 4.78 is 13.9. The SMILES string of the molecule is CN(C)Cc1cc(C#N)c([18F])cc1Sc1ccccc1N. The van der Waals surface area contributed by atoms with Crippen LogP contribution < -0.4 is 5.73 Å². The second kappa shape index (κ2) is 6.61. The van der Waals surface area contributed by atoms with Gasteiger partial charge in [0.1, 0.15) is 11.9 Å². The van der Waals surface area contributed by atoms with Crippen LogP contribution in [0.3, 0.4) is 0 Å². The van der Waals surface area contributed by atoms with Crippen LogP contribution in [0.5, 0.6) is 0 Å². The van der Waals surface area contributed by atoms with Crippen molar-refractivity contribution in [3.05, 3.63) is 53.3 Å². The molecule has 0 fully saturated rings. The van der Waals surface area contributed by atoms with Crippen molar-refractivity contribution in [1.29, 1.82) is 5.26 Å². The third-order valence-corrected chi connectivity index (χ3v) is 4.09. The Morgan fingerprint density at radius 2 is 1.95 bits per heavy atom. The van der Waals surface area contributed by atoms with E-state index in [0.717, 1.165) is 15.4 Å².